The normalized spacial score (nSPS) is 12.2. The quantitative estimate of drug-likeness (QED) is 0.752. The van der Waals surface area contributed by atoms with E-state index in [-0.39, 0.29) is 0 Å². The van der Waals surface area contributed by atoms with Gasteiger partial charge >= 0.3 is 0 Å². The molecule has 0 spiro atoms. The number of ether oxygens (including phenoxy) is 1. The maximum absolute atomic E-state index is 5.67. The van der Waals surface area contributed by atoms with Gasteiger partial charge in [0.2, 0.25) is 0 Å². The van der Waals surface area contributed by atoms with Crippen molar-refractivity contribution in [2.45, 2.75) is 25.1 Å². The zero-order valence-electron chi connectivity index (χ0n) is 10.1. The molecule has 4 heteroatoms. The molecular formula is C12H19BrN2O. The Bertz CT molecular complexity index is 318. The van der Waals surface area contributed by atoms with Gasteiger partial charge in [-0.3, -0.25) is 0 Å². The summed E-state index contributed by atoms with van der Waals surface area (Å²) < 4.78 is 5.67. The molecule has 0 amide bonds. The van der Waals surface area contributed by atoms with Crippen molar-refractivity contribution in [3.05, 3.63) is 18.3 Å². The second-order valence-electron chi connectivity index (χ2n) is 3.83. The van der Waals surface area contributed by atoms with Gasteiger partial charge in [-0.2, -0.15) is 0 Å². The maximum Gasteiger partial charge on any atom is 0.171 e. The van der Waals surface area contributed by atoms with Crippen LogP contribution in [0.25, 0.3) is 0 Å². The Morgan fingerprint density at radius 2 is 2.31 bits per heavy atom. The van der Waals surface area contributed by atoms with Crippen LogP contribution < -0.4 is 9.64 Å². The maximum atomic E-state index is 5.67. The first-order valence-electron chi connectivity index (χ1n) is 5.58. The average Bonchev–Trinajstić information content (AvgIpc) is 2.25. The van der Waals surface area contributed by atoms with Gasteiger partial charge in [-0.15, -0.1) is 0 Å². The largest absolute Gasteiger partial charge is 0.490 e. The van der Waals surface area contributed by atoms with Crippen LogP contribution >= 0.6 is 15.9 Å². The molecule has 1 atom stereocenters. The number of aromatic nitrogens is 1. The Morgan fingerprint density at radius 1 is 1.56 bits per heavy atom. The molecule has 0 bridgehead atoms. The number of nitrogens with zero attached hydrogens (tertiary/aromatic N) is 2. The molecule has 90 valence electrons. The minimum atomic E-state index is 0.429. The van der Waals surface area contributed by atoms with E-state index in [0.29, 0.717) is 4.83 Å². The number of anilines is 1. The van der Waals surface area contributed by atoms with Crippen LogP contribution in [-0.2, 0) is 0 Å². The fourth-order valence-corrected chi connectivity index (χ4v) is 1.89. The van der Waals surface area contributed by atoms with Crippen LogP contribution in [0.4, 0.5) is 5.82 Å². The predicted octanol–water partition coefficient (Wildman–Crippen LogP) is 3.09. The zero-order valence-corrected chi connectivity index (χ0v) is 11.7. The number of rotatable bonds is 6. The molecule has 1 rings (SSSR count). The van der Waals surface area contributed by atoms with Crippen molar-refractivity contribution >= 4 is 21.7 Å². The van der Waals surface area contributed by atoms with E-state index in [1.165, 1.54) is 0 Å². The van der Waals surface area contributed by atoms with Crippen molar-refractivity contribution < 1.29 is 4.74 Å². The molecule has 1 aromatic heterocycles. The summed E-state index contributed by atoms with van der Waals surface area (Å²) in [4.78, 5) is 6.90. The summed E-state index contributed by atoms with van der Waals surface area (Å²) in [6.07, 6.45) is 2.80. The Labute approximate surface area is 106 Å². The molecule has 1 aromatic rings. The zero-order chi connectivity index (χ0) is 12.0. The van der Waals surface area contributed by atoms with Crippen molar-refractivity contribution in [1.82, 2.24) is 4.98 Å². The third-order valence-electron chi connectivity index (χ3n) is 2.10. The Kier molecular flexibility index (Phi) is 5.60. The average molecular weight is 287 g/mol. The summed E-state index contributed by atoms with van der Waals surface area (Å²) in [5.41, 5.74) is 0. The van der Waals surface area contributed by atoms with Crippen molar-refractivity contribution in [3.63, 3.8) is 0 Å². The predicted molar refractivity (Wildman–Crippen MR) is 71.7 cm³/mol. The van der Waals surface area contributed by atoms with Crippen LogP contribution in [0.1, 0.15) is 20.3 Å². The highest BCUT2D eigenvalue weighted by Crippen LogP contribution is 2.24. The molecule has 0 aromatic carbocycles. The fraction of sp³-hybridized carbons (Fsp3) is 0.583. The molecular weight excluding hydrogens is 268 g/mol. The van der Waals surface area contributed by atoms with E-state index in [1.807, 2.05) is 19.2 Å². The van der Waals surface area contributed by atoms with E-state index >= 15 is 0 Å². The van der Waals surface area contributed by atoms with Crippen molar-refractivity contribution in [3.8, 4) is 5.75 Å². The molecule has 0 radical (unpaired) electrons. The van der Waals surface area contributed by atoms with Crippen LogP contribution in [-0.4, -0.2) is 30.0 Å². The molecule has 0 aliphatic heterocycles. The summed E-state index contributed by atoms with van der Waals surface area (Å²) in [6, 6.07) is 3.87. The van der Waals surface area contributed by atoms with Gasteiger partial charge in [0.05, 0.1) is 6.61 Å². The number of alkyl halides is 1. The lowest BCUT2D eigenvalue weighted by Gasteiger charge is -2.22. The highest BCUT2D eigenvalue weighted by atomic mass is 79.9. The molecule has 0 aliphatic carbocycles. The minimum Gasteiger partial charge on any atom is -0.490 e. The second-order valence-corrected chi connectivity index (χ2v) is 5.40. The van der Waals surface area contributed by atoms with Crippen LogP contribution in [0.2, 0.25) is 0 Å². The Morgan fingerprint density at radius 3 is 2.94 bits per heavy atom. The molecule has 0 fully saturated rings. The van der Waals surface area contributed by atoms with Gasteiger partial charge in [-0.05, 0) is 18.6 Å². The van der Waals surface area contributed by atoms with E-state index in [4.69, 9.17) is 4.74 Å². The highest BCUT2D eigenvalue weighted by Gasteiger charge is 2.11. The first kappa shape index (κ1) is 13.3. The van der Waals surface area contributed by atoms with Gasteiger partial charge < -0.3 is 9.64 Å². The molecule has 1 heterocycles. The van der Waals surface area contributed by atoms with Gasteiger partial charge in [-0.1, -0.05) is 29.8 Å². The molecule has 0 saturated carbocycles. The topological polar surface area (TPSA) is 25.4 Å². The van der Waals surface area contributed by atoms with E-state index in [1.54, 1.807) is 6.20 Å². The van der Waals surface area contributed by atoms with Gasteiger partial charge in [-0.25, -0.2) is 4.98 Å². The molecule has 16 heavy (non-hydrogen) atoms. The van der Waals surface area contributed by atoms with Crippen molar-refractivity contribution in [1.29, 1.82) is 0 Å². The van der Waals surface area contributed by atoms with Gasteiger partial charge in [0.25, 0.3) is 0 Å². The minimum absolute atomic E-state index is 0.429. The number of hydrogen-bond acceptors (Lipinski definition) is 3. The third kappa shape index (κ3) is 4.00. The summed E-state index contributed by atoms with van der Waals surface area (Å²) >= 11 is 3.54. The third-order valence-corrected chi connectivity index (χ3v) is 2.39. The number of halogens is 1. The summed E-state index contributed by atoms with van der Waals surface area (Å²) in [7, 11) is 2.03. The fourth-order valence-electron chi connectivity index (χ4n) is 1.46. The van der Waals surface area contributed by atoms with Crippen molar-refractivity contribution in [2.24, 2.45) is 0 Å². The van der Waals surface area contributed by atoms with E-state index in [0.717, 1.165) is 31.1 Å². The monoisotopic (exact) mass is 286 g/mol. The van der Waals surface area contributed by atoms with Crippen LogP contribution in [0.3, 0.4) is 0 Å². The molecule has 0 N–H and O–H groups in total. The second kappa shape index (κ2) is 6.74. The number of pyridine rings is 1. The summed E-state index contributed by atoms with van der Waals surface area (Å²) in [5, 5.41) is 0. The first-order chi connectivity index (χ1) is 7.65. The van der Waals surface area contributed by atoms with Gasteiger partial charge in [0.15, 0.2) is 11.6 Å². The van der Waals surface area contributed by atoms with E-state index < -0.39 is 0 Å². The molecule has 0 saturated heterocycles. The smallest absolute Gasteiger partial charge is 0.171 e. The Balaban J connectivity index is 2.76. The summed E-state index contributed by atoms with van der Waals surface area (Å²) in [6.45, 7) is 5.85. The SMILES string of the molecule is CCCOc1cccnc1N(C)CC(C)Br. The lowest BCUT2D eigenvalue weighted by molar-refractivity contribution is 0.316. The molecule has 3 nitrogen and oxygen atoms in total. The summed E-state index contributed by atoms with van der Waals surface area (Å²) in [5.74, 6) is 1.77. The van der Waals surface area contributed by atoms with Crippen molar-refractivity contribution in [2.75, 3.05) is 25.1 Å². The van der Waals surface area contributed by atoms with E-state index in [2.05, 4.69) is 39.7 Å². The van der Waals surface area contributed by atoms with Gasteiger partial charge in [0.1, 0.15) is 0 Å². The van der Waals surface area contributed by atoms with Crippen LogP contribution in [0, 0.1) is 0 Å². The lowest BCUT2D eigenvalue weighted by Crippen LogP contribution is -2.25. The highest BCUT2D eigenvalue weighted by molar-refractivity contribution is 9.09. The van der Waals surface area contributed by atoms with Crippen LogP contribution in [0.15, 0.2) is 18.3 Å². The lowest BCUT2D eigenvalue weighted by atomic mass is 10.3. The van der Waals surface area contributed by atoms with Crippen LogP contribution in [0.5, 0.6) is 5.75 Å². The first-order valence-corrected chi connectivity index (χ1v) is 6.49. The standard InChI is InChI=1S/C12H19BrN2O/c1-4-8-16-11-6-5-7-14-12(11)15(3)9-10(2)13/h5-7,10H,4,8-9H2,1-3H3. The number of hydrogen-bond donors (Lipinski definition) is 0. The van der Waals surface area contributed by atoms with E-state index in [9.17, 15) is 0 Å². The molecule has 1 unspecified atom stereocenters. The molecule has 0 aliphatic rings. The van der Waals surface area contributed by atoms with Gasteiger partial charge in [0, 0.05) is 24.6 Å². The Hall–Kier alpha value is -0.770.